The fourth-order valence-corrected chi connectivity index (χ4v) is 3.79. The summed E-state index contributed by atoms with van der Waals surface area (Å²) in [5.74, 6) is -0.214. The molecule has 0 unspecified atom stereocenters. The fraction of sp³-hybridized carbons (Fsp3) is 0.0667. The van der Waals surface area contributed by atoms with Gasteiger partial charge in [-0.2, -0.15) is 5.10 Å². The minimum Gasteiger partial charge on any atom is -0.497 e. The molecule has 4 aromatic carbocycles. The Bertz CT molecular complexity index is 1570. The number of rotatable bonds is 9. The molecule has 0 bridgehead atoms. The third kappa shape index (κ3) is 7.33. The first-order chi connectivity index (χ1) is 19.4. The van der Waals surface area contributed by atoms with Gasteiger partial charge in [0, 0.05) is 21.3 Å². The number of nitrogens with one attached hydrogen (secondary N) is 2. The molecule has 0 aromatic heterocycles. The molecule has 0 radical (unpaired) electrons. The Morgan fingerprint density at radius 2 is 1.48 bits per heavy atom. The molecule has 2 amide bonds. The van der Waals surface area contributed by atoms with Crippen LogP contribution in [0.2, 0.25) is 0 Å². The third-order valence-corrected chi connectivity index (χ3v) is 6.09. The van der Waals surface area contributed by atoms with Gasteiger partial charge in [-0.3, -0.25) is 9.59 Å². The van der Waals surface area contributed by atoms with E-state index in [1.807, 2.05) is 0 Å². The zero-order valence-corrected chi connectivity index (χ0v) is 23.1. The Kier molecular flexibility index (Phi) is 9.27. The fourth-order valence-electron chi connectivity index (χ4n) is 3.53. The van der Waals surface area contributed by atoms with Gasteiger partial charge in [-0.25, -0.2) is 10.2 Å². The molecular weight excluding hydrogens is 578 g/mol. The summed E-state index contributed by atoms with van der Waals surface area (Å²) < 4.78 is 16.8. The molecule has 9 nitrogen and oxygen atoms in total. The molecule has 0 aliphatic carbocycles. The Hall–Kier alpha value is -4.96. The lowest BCUT2D eigenvalue weighted by molar-refractivity contribution is 0.0729. The molecule has 0 atom stereocenters. The van der Waals surface area contributed by atoms with Gasteiger partial charge in [-0.05, 0) is 84.4 Å². The minimum atomic E-state index is -0.526. The van der Waals surface area contributed by atoms with Crippen LogP contribution in [0.25, 0.3) is 0 Å². The number of hydrazone groups is 1. The average Bonchev–Trinajstić information content (AvgIpc) is 2.98. The zero-order chi connectivity index (χ0) is 28.5. The van der Waals surface area contributed by atoms with E-state index in [1.54, 1.807) is 91.0 Å². The monoisotopic (exact) mass is 601 g/mol. The van der Waals surface area contributed by atoms with Gasteiger partial charge < -0.3 is 19.5 Å². The van der Waals surface area contributed by atoms with Crippen LogP contribution in [0, 0.1) is 0 Å². The van der Waals surface area contributed by atoms with E-state index in [2.05, 4.69) is 31.8 Å². The van der Waals surface area contributed by atoms with Crippen LogP contribution in [-0.2, 0) is 0 Å². The number of hydrogen-bond acceptors (Lipinski definition) is 7. The first-order valence-corrected chi connectivity index (χ1v) is 12.7. The van der Waals surface area contributed by atoms with Gasteiger partial charge in [0.2, 0.25) is 0 Å². The summed E-state index contributed by atoms with van der Waals surface area (Å²) in [6.45, 7) is 0. The normalized spacial score (nSPS) is 10.6. The molecule has 0 fully saturated rings. The van der Waals surface area contributed by atoms with Gasteiger partial charge in [0.05, 0.1) is 26.0 Å². The van der Waals surface area contributed by atoms with E-state index in [0.717, 1.165) is 4.47 Å². The van der Waals surface area contributed by atoms with Crippen LogP contribution in [-0.4, -0.2) is 38.2 Å². The van der Waals surface area contributed by atoms with Crippen LogP contribution in [0.5, 0.6) is 17.2 Å². The Morgan fingerprint density at radius 3 is 2.20 bits per heavy atom. The lowest BCUT2D eigenvalue weighted by Crippen LogP contribution is -2.18. The highest BCUT2D eigenvalue weighted by atomic mass is 79.9. The second-order valence-electron chi connectivity index (χ2n) is 8.27. The van der Waals surface area contributed by atoms with Crippen LogP contribution >= 0.6 is 15.9 Å². The second-order valence-corrected chi connectivity index (χ2v) is 9.19. The number of ether oxygens (including phenoxy) is 3. The van der Waals surface area contributed by atoms with Crippen molar-refractivity contribution in [1.29, 1.82) is 0 Å². The molecule has 0 saturated heterocycles. The minimum absolute atomic E-state index is 0.240. The van der Waals surface area contributed by atoms with E-state index in [9.17, 15) is 14.4 Å². The molecule has 0 spiro atoms. The average molecular weight is 602 g/mol. The van der Waals surface area contributed by atoms with Crippen LogP contribution < -0.4 is 25.0 Å². The molecule has 0 saturated carbocycles. The maximum atomic E-state index is 12.6. The van der Waals surface area contributed by atoms with Crippen molar-refractivity contribution < 1.29 is 28.6 Å². The predicted octanol–water partition coefficient (Wildman–Crippen LogP) is 5.70. The molecule has 40 heavy (non-hydrogen) atoms. The topological polar surface area (TPSA) is 115 Å². The first kappa shape index (κ1) is 28.1. The van der Waals surface area contributed by atoms with Gasteiger partial charge in [0.1, 0.15) is 5.75 Å². The van der Waals surface area contributed by atoms with Crippen molar-refractivity contribution in [3.8, 4) is 17.2 Å². The molecule has 4 rings (SSSR count). The number of methoxy groups -OCH3 is 2. The number of hydrogen-bond donors (Lipinski definition) is 2. The molecule has 10 heteroatoms. The number of carbonyl (C=O) groups excluding carboxylic acids is 3. The van der Waals surface area contributed by atoms with Crippen molar-refractivity contribution in [2.24, 2.45) is 5.10 Å². The van der Waals surface area contributed by atoms with Crippen molar-refractivity contribution in [1.82, 2.24) is 5.43 Å². The van der Waals surface area contributed by atoms with E-state index < -0.39 is 11.9 Å². The van der Waals surface area contributed by atoms with Crippen molar-refractivity contribution >= 4 is 45.6 Å². The van der Waals surface area contributed by atoms with Crippen LogP contribution in [0.1, 0.15) is 36.6 Å². The van der Waals surface area contributed by atoms with Gasteiger partial charge >= 0.3 is 5.97 Å². The second kappa shape index (κ2) is 13.2. The maximum absolute atomic E-state index is 12.6. The highest BCUT2D eigenvalue weighted by Gasteiger charge is 2.13. The summed E-state index contributed by atoms with van der Waals surface area (Å²) >= 11 is 3.33. The van der Waals surface area contributed by atoms with Crippen LogP contribution in [0.4, 0.5) is 5.69 Å². The third-order valence-electron chi connectivity index (χ3n) is 5.56. The van der Waals surface area contributed by atoms with E-state index in [-0.39, 0.29) is 11.7 Å². The van der Waals surface area contributed by atoms with E-state index in [4.69, 9.17) is 14.2 Å². The number of halogens is 1. The van der Waals surface area contributed by atoms with Gasteiger partial charge in [-0.1, -0.05) is 28.1 Å². The maximum Gasteiger partial charge on any atom is 0.343 e. The van der Waals surface area contributed by atoms with Crippen molar-refractivity contribution in [2.75, 3.05) is 19.5 Å². The lowest BCUT2D eigenvalue weighted by Gasteiger charge is -2.10. The standard InChI is InChI=1S/C30H24BrN3O6/c1-38-25-8-4-6-22(17-25)28(35)33-24-7-3-5-21(16-24)29(36)34-32-18-19-9-14-26(27(15-19)39-2)40-30(37)20-10-12-23(31)13-11-20/h3-18H,1-2H3,(H,33,35)(H,34,36). The molecular formula is C30H24BrN3O6. The number of nitrogens with zero attached hydrogens (tertiary/aromatic N) is 1. The van der Waals surface area contributed by atoms with E-state index >= 15 is 0 Å². The predicted molar refractivity (Wildman–Crippen MR) is 155 cm³/mol. The van der Waals surface area contributed by atoms with Gasteiger partial charge in [-0.15, -0.1) is 0 Å². The summed E-state index contributed by atoms with van der Waals surface area (Å²) in [7, 11) is 2.98. The molecule has 2 N–H and O–H groups in total. The number of amides is 2. The molecule has 202 valence electrons. The van der Waals surface area contributed by atoms with Crippen molar-refractivity contribution in [3.05, 3.63) is 118 Å². The van der Waals surface area contributed by atoms with Crippen molar-refractivity contribution in [2.45, 2.75) is 0 Å². The van der Waals surface area contributed by atoms with E-state index in [1.165, 1.54) is 20.4 Å². The SMILES string of the molecule is COc1cccc(C(=O)Nc2cccc(C(=O)NN=Cc3ccc(OC(=O)c4ccc(Br)cc4)c(OC)c3)c2)c1. The molecule has 0 aliphatic heterocycles. The lowest BCUT2D eigenvalue weighted by atomic mass is 10.1. The van der Waals surface area contributed by atoms with E-state index in [0.29, 0.717) is 39.4 Å². The summed E-state index contributed by atoms with van der Waals surface area (Å²) in [5, 5.41) is 6.77. The van der Waals surface area contributed by atoms with Crippen molar-refractivity contribution in [3.63, 3.8) is 0 Å². The highest BCUT2D eigenvalue weighted by molar-refractivity contribution is 9.10. The smallest absolute Gasteiger partial charge is 0.343 e. The van der Waals surface area contributed by atoms with Gasteiger partial charge in [0.15, 0.2) is 11.5 Å². The molecule has 4 aromatic rings. The first-order valence-electron chi connectivity index (χ1n) is 11.9. The van der Waals surface area contributed by atoms with Crippen LogP contribution in [0.15, 0.2) is 101 Å². The Labute approximate surface area is 238 Å². The summed E-state index contributed by atoms with van der Waals surface area (Å²) in [5.41, 5.74) is 4.61. The number of carbonyl (C=O) groups is 3. The number of esters is 1. The highest BCUT2D eigenvalue weighted by Crippen LogP contribution is 2.28. The summed E-state index contributed by atoms with van der Waals surface area (Å²) in [6, 6.07) is 24.9. The quantitative estimate of drug-likeness (QED) is 0.110. The van der Waals surface area contributed by atoms with Gasteiger partial charge in [0.25, 0.3) is 11.8 Å². The zero-order valence-electron chi connectivity index (χ0n) is 21.5. The molecule has 0 heterocycles. The van der Waals surface area contributed by atoms with Crippen LogP contribution in [0.3, 0.4) is 0 Å². The number of anilines is 1. The molecule has 0 aliphatic rings. The summed E-state index contributed by atoms with van der Waals surface area (Å²) in [4.78, 5) is 37.7. The Morgan fingerprint density at radius 1 is 0.750 bits per heavy atom. The largest absolute Gasteiger partial charge is 0.497 e. The summed E-state index contributed by atoms with van der Waals surface area (Å²) in [6.07, 6.45) is 1.43. The number of benzene rings is 4. The Balaban J connectivity index is 1.37.